The van der Waals surface area contributed by atoms with Crippen molar-refractivity contribution in [3.63, 3.8) is 0 Å². The molecule has 208 valence electrons. The van der Waals surface area contributed by atoms with Crippen LogP contribution in [0, 0.1) is 10.7 Å². The fourth-order valence-corrected chi connectivity index (χ4v) is 5.29. The number of hydrogen-bond donors (Lipinski definition) is 0. The summed E-state index contributed by atoms with van der Waals surface area (Å²) in [6.45, 7) is 7.10. The van der Waals surface area contributed by atoms with Gasteiger partial charge in [-0.2, -0.15) is 14.9 Å². The van der Waals surface area contributed by atoms with Gasteiger partial charge in [0.2, 0.25) is 4.77 Å². The molecule has 5 aromatic rings. The number of hydrogen-bond acceptors (Lipinski definition) is 4. The van der Waals surface area contributed by atoms with Crippen LogP contribution in [0.25, 0.3) is 0 Å². The topological polar surface area (TPSA) is 38.4 Å². The third kappa shape index (κ3) is 7.10. The van der Waals surface area contributed by atoms with Gasteiger partial charge in [0.05, 0.1) is 6.21 Å². The molecular weight excluding hydrogens is 590 g/mol. The number of nitrogens with zero attached hydrogens (tertiary/aromatic N) is 5. The summed E-state index contributed by atoms with van der Waals surface area (Å²) in [5.41, 5.74) is 5.61. The fourth-order valence-electron chi connectivity index (χ4n) is 4.79. The van der Waals surface area contributed by atoms with Crippen LogP contribution < -0.4 is 4.90 Å². The largest absolute Gasteiger partial charge is 0.321 e. The summed E-state index contributed by atoms with van der Waals surface area (Å²) in [4.78, 5) is 2.21. The smallest absolute Gasteiger partial charge is 0.220 e. The number of halogens is 1. The first-order chi connectivity index (χ1) is 19.9. The lowest BCUT2D eigenvalue weighted by Crippen LogP contribution is -2.22. The second kappa shape index (κ2) is 13.2. The van der Waals surface area contributed by atoms with Crippen molar-refractivity contribution in [1.29, 1.82) is 0 Å². The maximum Gasteiger partial charge on any atom is 0.220 e. The molecule has 0 amide bonds. The van der Waals surface area contributed by atoms with E-state index < -0.39 is 0 Å². The molecule has 5 rings (SSSR count). The minimum Gasteiger partial charge on any atom is -0.321 e. The summed E-state index contributed by atoms with van der Waals surface area (Å²) >= 11 is 9.53. The highest BCUT2D eigenvalue weighted by Gasteiger charge is 2.21. The summed E-state index contributed by atoms with van der Waals surface area (Å²) in [5.74, 6) is 1.39. The summed E-state index contributed by atoms with van der Waals surface area (Å²) in [6, 6.07) is 37.5. The van der Waals surface area contributed by atoms with Gasteiger partial charge in [-0.1, -0.05) is 109 Å². The second-order valence-electron chi connectivity index (χ2n) is 10.6. The third-order valence-corrected chi connectivity index (χ3v) is 7.87. The zero-order valence-electron chi connectivity index (χ0n) is 23.6. The van der Waals surface area contributed by atoms with Gasteiger partial charge in [0, 0.05) is 21.8 Å². The highest BCUT2D eigenvalue weighted by atomic mass is 79.9. The Morgan fingerprint density at radius 1 is 0.829 bits per heavy atom. The van der Waals surface area contributed by atoms with E-state index in [0.717, 1.165) is 33.7 Å². The van der Waals surface area contributed by atoms with Gasteiger partial charge in [0.1, 0.15) is 6.67 Å². The Balaban J connectivity index is 1.55. The minimum absolute atomic E-state index is 0.0185. The molecule has 0 aliphatic carbocycles. The van der Waals surface area contributed by atoms with Crippen LogP contribution in [0.3, 0.4) is 0 Å². The molecule has 0 spiro atoms. The molecule has 0 saturated heterocycles. The van der Waals surface area contributed by atoms with Crippen LogP contribution in [-0.2, 0) is 13.1 Å². The van der Waals surface area contributed by atoms with Crippen molar-refractivity contribution in [2.75, 3.05) is 4.90 Å². The number of aromatic nitrogens is 3. The molecule has 1 heterocycles. The van der Waals surface area contributed by atoms with E-state index in [9.17, 15) is 0 Å². The van der Waals surface area contributed by atoms with E-state index in [-0.39, 0.29) is 5.92 Å². The lowest BCUT2D eigenvalue weighted by Gasteiger charge is -2.24. The van der Waals surface area contributed by atoms with Gasteiger partial charge in [-0.05, 0) is 77.6 Å². The molecular formula is C34H34BrN5S. The quantitative estimate of drug-likeness (QED) is 0.115. The SMILES string of the molecule is CC(C)Cc1ccc([C@H](C)c2nn(CN(c3ccccc3)c3ccccc3)c(=S)n2/N=C/c2ccc(Br)cc2)cc1. The molecule has 7 heteroatoms. The van der Waals surface area contributed by atoms with Crippen LogP contribution in [0.4, 0.5) is 11.4 Å². The molecule has 0 bridgehead atoms. The van der Waals surface area contributed by atoms with Crippen molar-refractivity contribution < 1.29 is 0 Å². The molecule has 0 radical (unpaired) electrons. The van der Waals surface area contributed by atoms with E-state index in [0.29, 0.717) is 17.4 Å². The van der Waals surface area contributed by atoms with E-state index in [1.807, 2.05) is 71.6 Å². The van der Waals surface area contributed by atoms with E-state index in [1.165, 1.54) is 11.1 Å². The monoisotopic (exact) mass is 623 g/mol. The van der Waals surface area contributed by atoms with Crippen molar-refractivity contribution in [3.05, 3.63) is 141 Å². The van der Waals surface area contributed by atoms with Gasteiger partial charge in [-0.15, -0.1) is 0 Å². The van der Waals surface area contributed by atoms with Crippen molar-refractivity contribution in [2.24, 2.45) is 11.0 Å². The van der Waals surface area contributed by atoms with E-state index in [1.54, 1.807) is 4.68 Å². The average Bonchev–Trinajstić information content (AvgIpc) is 3.30. The average molecular weight is 625 g/mol. The number of benzene rings is 4. The predicted molar refractivity (Wildman–Crippen MR) is 176 cm³/mol. The van der Waals surface area contributed by atoms with Crippen LogP contribution in [0.2, 0.25) is 0 Å². The van der Waals surface area contributed by atoms with Crippen molar-refractivity contribution in [1.82, 2.24) is 14.5 Å². The molecule has 0 N–H and O–H groups in total. The number of anilines is 2. The Morgan fingerprint density at radius 2 is 1.41 bits per heavy atom. The van der Waals surface area contributed by atoms with E-state index >= 15 is 0 Å². The highest BCUT2D eigenvalue weighted by Crippen LogP contribution is 2.28. The van der Waals surface area contributed by atoms with Crippen LogP contribution in [0.15, 0.2) is 119 Å². The first-order valence-electron chi connectivity index (χ1n) is 13.8. The molecule has 0 aliphatic heterocycles. The van der Waals surface area contributed by atoms with Gasteiger partial charge < -0.3 is 4.90 Å². The van der Waals surface area contributed by atoms with Crippen LogP contribution >= 0.6 is 28.1 Å². The molecule has 4 aromatic carbocycles. The standard InChI is InChI=1S/C34H34BrN5S/c1-25(2)22-27-14-18-29(19-15-27)26(3)33-37-39(34(41)40(33)36-23-28-16-20-30(35)21-17-28)24-38(31-10-6-4-7-11-31)32-12-8-5-9-13-32/h4-21,23,25-26H,22,24H2,1-3H3/b36-23+/t26-/m0/s1. The van der Waals surface area contributed by atoms with Crippen molar-refractivity contribution in [3.8, 4) is 0 Å². The molecule has 0 aliphatic rings. The third-order valence-electron chi connectivity index (χ3n) is 6.96. The Labute approximate surface area is 255 Å². The van der Waals surface area contributed by atoms with Crippen LogP contribution in [0.5, 0.6) is 0 Å². The molecule has 5 nitrogen and oxygen atoms in total. The zero-order chi connectivity index (χ0) is 28.8. The molecule has 41 heavy (non-hydrogen) atoms. The first kappa shape index (κ1) is 28.7. The number of para-hydroxylation sites is 2. The summed E-state index contributed by atoms with van der Waals surface area (Å²) in [5, 5.41) is 9.94. The highest BCUT2D eigenvalue weighted by molar-refractivity contribution is 9.10. The zero-order valence-corrected chi connectivity index (χ0v) is 26.0. The van der Waals surface area contributed by atoms with Gasteiger partial charge in [-0.25, -0.2) is 4.68 Å². The van der Waals surface area contributed by atoms with Crippen molar-refractivity contribution in [2.45, 2.75) is 39.8 Å². The normalized spacial score (nSPS) is 12.2. The Hall–Kier alpha value is -3.81. The van der Waals surface area contributed by atoms with Gasteiger partial charge in [0.15, 0.2) is 5.82 Å². The van der Waals surface area contributed by atoms with E-state index in [2.05, 4.69) is 90.1 Å². The summed E-state index contributed by atoms with van der Waals surface area (Å²) in [7, 11) is 0. The Morgan fingerprint density at radius 3 is 1.98 bits per heavy atom. The second-order valence-corrected chi connectivity index (χ2v) is 11.8. The van der Waals surface area contributed by atoms with Gasteiger partial charge in [-0.3, -0.25) is 0 Å². The maximum absolute atomic E-state index is 6.02. The minimum atomic E-state index is -0.0185. The maximum atomic E-state index is 6.02. The van der Waals surface area contributed by atoms with Crippen molar-refractivity contribution >= 4 is 45.7 Å². The lowest BCUT2D eigenvalue weighted by molar-refractivity contribution is 0.601. The lowest BCUT2D eigenvalue weighted by atomic mass is 9.96. The molecule has 0 saturated carbocycles. The van der Waals surface area contributed by atoms with Gasteiger partial charge >= 0.3 is 0 Å². The van der Waals surface area contributed by atoms with Gasteiger partial charge in [0.25, 0.3) is 0 Å². The molecule has 1 atom stereocenters. The Kier molecular flexibility index (Phi) is 9.27. The molecule has 1 aromatic heterocycles. The van der Waals surface area contributed by atoms with Crippen LogP contribution in [-0.4, -0.2) is 20.7 Å². The van der Waals surface area contributed by atoms with Crippen LogP contribution in [0.1, 0.15) is 49.2 Å². The molecule has 0 fully saturated rings. The Bertz CT molecular complexity index is 1600. The first-order valence-corrected chi connectivity index (χ1v) is 15.1. The fraction of sp³-hybridized carbons (Fsp3) is 0.206. The summed E-state index contributed by atoms with van der Waals surface area (Å²) in [6.07, 6.45) is 2.90. The molecule has 0 unspecified atom stereocenters. The van der Waals surface area contributed by atoms with E-state index in [4.69, 9.17) is 22.4 Å². The summed E-state index contributed by atoms with van der Waals surface area (Å²) < 4.78 is 5.23. The predicted octanol–water partition coefficient (Wildman–Crippen LogP) is 9.20. The number of rotatable bonds is 10.